The highest BCUT2D eigenvalue weighted by Crippen LogP contribution is 2.23. The molecular weight excluding hydrogens is 317 g/mol. The number of halogens is 1. The van der Waals surface area contributed by atoms with Crippen LogP contribution in [0.4, 0.5) is 10.1 Å². The molecule has 0 aliphatic carbocycles. The predicted molar refractivity (Wildman–Crippen MR) is 85.4 cm³/mol. The van der Waals surface area contributed by atoms with Crippen LogP contribution in [0, 0.1) is 0 Å². The molecule has 2 aromatic heterocycles. The first-order chi connectivity index (χ1) is 11.2. The monoisotopic (exact) mass is 329 g/mol. The predicted octanol–water partition coefficient (Wildman–Crippen LogP) is 2.89. The Morgan fingerprint density at radius 2 is 1.96 bits per heavy atom. The lowest BCUT2D eigenvalue weighted by atomic mass is 10.3. The number of nitrogens with one attached hydrogen (secondary N) is 2. The van der Waals surface area contributed by atoms with Crippen molar-refractivity contribution in [1.82, 2.24) is 20.2 Å². The fourth-order valence-corrected chi connectivity index (χ4v) is 2.38. The van der Waals surface area contributed by atoms with Gasteiger partial charge in [-0.15, -0.1) is 5.10 Å². The van der Waals surface area contributed by atoms with Gasteiger partial charge in [-0.2, -0.15) is 4.98 Å². The number of aromatic nitrogens is 4. The minimum absolute atomic E-state index is 0.140. The van der Waals surface area contributed by atoms with Crippen molar-refractivity contribution in [3.8, 4) is 11.5 Å². The number of hydrogen-bond donors (Lipinski definition) is 2. The highest BCUT2D eigenvalue weighted by Gasteiger charge is 2.21. The molecule has 23 heavy (non-hydrogen) atoms. The summed E-state index contributed by atoms with van der Waals surface area (Å²) in [5, 5.41) is 9.19. The van der Waals surface area contributed by atoms with Crippen molar-refractivity contribution in [3.63, 3.8) is 0 Å². The number of alkyl halides is 1. The van der Waals surface area contributed by atoms with Crippen LogP contribution in [-0.2, 0) is 4.79 Å². The third-order valence-corrected chi connectivity index (χ3v) is 3.64. The summed E-state index contributed by atoms with van der Waals surface area (Å²) in [7, 11) is 0. The second-order valence-corrected chi connectivity index (χ2v) is 5.49. The van der Waals surface area contributed by atoms with Gasteiger partial charge in [0.2, 0.25) is 10.7 Å². The molecule has 8 heteroatoms. The Balaban J connectivity index is 1.63. The Labute approximate surface area is 135 Å². The number of amides is 1. The number of carbonyl (C=O) groups excluding carboxylic acids is 1. The van der Waals surface area contributed by atoms with Crippen molar-refractivity contribution in [2.24, 2.45) is 0 Å². The maximum absolute atomic E-state index is 14.0. The van der Waals surface area contributed by atoms with Gasteiger partial charge >= 0.3 is 0 Å². The highest BCUT2D eigenvalue weighted by molar-refractivity contribution is 8.00. The van der Waals surface area contributed by atoms with Gasteiger partial charge in [-0.1, -0.05) is 24.3 Å². The Morgan fingerprint density at radius 1 is 1.17 bits per heavy atom. The Kier molecular flexibility index (Phi) is 4.62. The molecule has 0 aliphatic heterocycles. The maximum Gasteiger partial charge on any atom is 0.269 e. The van der Waals surface area contributed by atoms with Crippen LogP contribution in [0.5, 0.6) is 0 Å². The van der Waals surface area contributed by atoms with Crippen LogP contribution in [0.1, 0.15) is 0 Å². The van der Waals surface area contributed by atoms with E-state index in [4.69, 9.17) is 0 Å². The largest absolute Gasteiger partial charge is 0.323 e. The summed E-state index contributed by atoms with van der Waals surface area (Å²) in [5.74, 6) is -0.339. The van der Waals surface area contributed by atoms with Gasteiger partial charge in [0.1, 0.15) is 5.69 Å². The molecule has 0 aliphatic rings. The molecule has 0 fully saturated rings. The van der Waals surface area contributed by atoms with Crippen molar-refractivity contribution >= 4 is 23.4 Å². The van der Waals surface area contributed by atoms with Crippen molar-refractivity contribution in [3.05, 3.63) is 54.7 Å². The summed E-state index contributed by atoms with van der Waals surface area (Å²) in [4.78, 5) is 20.0. The second-order valence-electron chi connectivity index (χ2n) is 4.47. The third-order valence-electron chi connectivity index (χ3n) is 2.83. The lowest BCUT2D eigenvalue weighted by Crippen LogP contribution is -2.21. The van der Waals surface area contributed by atoms with Crippen molar-refractivity contribution in [2.75, 3.05) is 5.32 Å². The minimum Gasteiger partial charge on any atom is -0.323 e. The van der Waals surface area contributed by atoms with E-state index in [1.807, 2.05) is 12.1 Å². The fraction of sp³-hybridized carbons (Fsp3) is 0.0667. The van der Waals surface area contributed by atoms with Crippen LogP contribution in [0.3, 0.4) is 0 Å². The maximum atomic E-state index is 14.0. The SMILES string of the molecule is O=C(Nc1ccccc1)C(F)Sc1n[nH]c(-c2ccccn2)n1. The average molecular weight is 329 g/mol. The fourth-order valence-electron chi connectivity index (χ4n) is 1.78. The molecule has 2 heterocycles. The van der Waals surface area contributed by atoms with Gasteiger partial charge in [0.05, 0.1) is 0 Å². The van der Waals surface area contributed by atoms with Crippen LogP contribution in [0.2, 0.25) is 0 Å². The number of aromatic amines is 1. The summed E-state index contributed by atoms with van der Waals surface area (Å²) < 4.78 is 14.0. The van der Waals surface area contributed by atoms with E-state index in [1.54, 1.807) is 42.6 Å². The normalized spacial score (nSPS) is 11.9. The molecule has 3 rings (SSSR count). The molecular formula is C15H12FN5OS. The van der Waals surface area contributed by atoms with E-state index in [0.717, 1.165) is 0 Å². The molecule has 1 unspecified atom stereocenters. The molecule has 3 aromatic rings. The first kappa shape index (κ1) is 15.2. The van der Waals surface area contributed by atoms with Crippen LogP contribution in [-0.4, -0.2) is 31.6 Å². The Hall–Kier alpha value is -2.74. The molecule has 0 saturated carbocycles. The van der Waals surface area contributed by atoms with E-state index < -0.39 is 11.4 Å². The third kappa shape index (κ3) is 3.92. The number of para-hydroxylation sites is 1. The molecule has 1 atom stereocenters. The summed E-state index contributed by atoms with van der Waals surface area (Å²) >= 11 is 0.626. The minimum atomic E-state index is -1.82. The summed E-state index contributed by atoms with van der Waals surface area (Å²) in [6, 6.07) is 14.0. The van der Waals surface area contributed by atoms with E-state index in [1.165, 1.54) is 0 Å². The number of thioether (sulfide) groups is 1. The zero-order valence-corrected chi connectivity index (χ0v) is 12.6. The first-order valence-electron chi connectivity index (χ1n) is 6.73. The van der Waals surface area contributed by atoms with Crippen molar-refractivity contribution in [1.29, 1.82) is 0 Å². The lowest BCUT2D eigenvalue weighted by molar-refractivity contribution is -0.118. The second kappa shape index (κ2) is 7.01. The van der Waals surface area contributed by atoms with Gasteiger partial charge in [0.25, 0.3) is 5.91 Å². The summed E-state index contributed by atoms with van der Waals surface area (Å²) in [6.07, 6.45) is 1.62. The molecule has 116 valence electrons. The number of benzene rings is 1. The Morgan fingerprint density at radius 3 is 2.70 bits per heavy atom. The van der Waals surface area contributed by atoms with Gasteiger partial charge < -0.3 is 5.32 Å². The molecule has 0 radical (unpaired) electrons. The molecule has 0 saturated heterocycles. The smallest absolute Gasteiger partial charge is 0.269 e. The Bertz CT molecular complexity index is 781. The topological polar surface area (TPSA) is 83.6 Å². The van der Waals surface area contributed by atoms with E-state index in [9.17, 15) is 9.18 Å². The summed E-state index contributed by atoms with van der Waals surface area (Å²) in [6.45, 7) is 0. The van der Waals surface area contributed by atoms with Gasteiger partial charge in [-0.3, -0.25) is 14.9 Å². The van der Waals surface area contributed by atoms with Crippen LogP contribution < -0.4 is 5.32 Å². The number of anilines is 1. The molecule has 0 bridgehead atoms. The van der Waals surface area contributed by atoms with Gasteiger partial charge in [-0.05, 0) is 36.0 Å². The van der Waals surface area contributed by atoms with Gasteiger partial charge in [0, 0.05) is 11.9 Å². The molecule has 2 N–H and O–H groups in total. The first-order valence-corrected chi connectivity index (χ1v) is 7.61. The van der Waals surface area contributed by atoms with Crippen molar-refractivity contribution < 1.29 is 9.18 Å². The zero-order chi connectivity index (χ0) is 16.1. The molecule has 0 spiro atoms. The molecule has 6 nitrogen and oxygen atoms in total. The van der Waals surface area contributed by atoms with Crippen LogP contribution in [0.15, 0.2) is 59.9 Å². The molecule has 1 aromatic carbocycles. The van der Waals surface area contributed by atoms with Crippen molar-refractivity contribution in [2.45, 2.75) is 10.7 Å². The number of carbonyl (C=O) groups is 1. The van der Waals surface area contributed by atoms with Gasteiger partial charge in [0.15, 0.2) is 5.82 Å². The van der Waals surface area contributed by atoms with Gasteiger partial charge in [-0.25, -0.2) is 4.39 Å². The number of nitrogens with zero attached hydrogens (tertiary/aromatic N) is 3. The number of H-pyrrole nitrogens is 1. The van der Waals surface area contributed by atoms with E-state index in [2.05, 4.69) is 25.5 Å². The summed E-state index contributed by atoms with van der Waals surface area (Å²) in [5.41, 5.74) is -0.691. The standard InChI is InChI=1S/C15H12FN5OS/c16-12(14(22)18-10-6-2-1-3-7-10)23-15-19-13(20-21-15)11-8-4-5-9-17-11/h1-9,12H,(H,18,22)(H,19,20,21). The zero-order valence-electron chi connectivity index (χ0n) is 11.8. The van der Waals surface area contributed by atoms with E-state index in [-0.39, 0.29) is 5.16 Å². The lowest BCUT2D eigenvalue weighted by Gasteiger charge is -2.07. The number of rotatable bonds is 5. The molecule has 1 amide bonds. The highest BCUT2D eigenvalue weighted by atomic mass is 32.2. The number of pyridine rings is 1. The number of hydrogen-bond acceptors (Lipinski definition) is 5. The van der Waals surface area contributed by atoms with E-state index in [0.29, 0.717) is 29.0 Å². The quantitative estimate of drug-likeness (QED) is 0.703. The van der Waals surface area contributed by atoms with Crippen LogP contribution in [0.25, 0.3) is 11.5 Å². The van der Waals surface area contributed by atoms with E-state index >= 15 is 0 Å². The van der Waals surface area contributed by atoms with Crippen LogP contribution >= 0.6 is 11.8 Å². The average Bonchev–Trinajstić information content (AvgIpc) is 3.05.